The molecule has 0 saturated heterocycles. The quantitative estimate of drug-likeness (QED) is 0.726. The maximum atomic E-state index is 4.13. The fourth-order valence-electron chi connectivity index (χ4n) is 1.16. The predicted octanol–water partition coefficient (Wildman–Crippen LogP) is 2.23. The van der Waals surface area contributed by atoms with Crippen LogP contribution in [0.5, 0.6) is 0 Å². The Morgan fingerprint density at radius 1 is 1.50 bits per heavy atom. The second-order valence-electron chi connectivity index (χ2n) is 3.90. The van der Waals surface area contributed by atoms with E-state index in [4.69, 9.17) is 0 Å². The van der Waals surface area contributed by atoms with Crippen molar-refractivity contribution in [3.63, 3.8) is 0 Å². The fraction of sp³-hybridized carbons (Fsp3) is 0.800. The summed E-state index contributed by atoms with van der Waals surface area (Å²) in [6, 6.07) is 0. The van der Waals surface area contributed by atoms with Crippen LogP contribution < -0.4 is 0 Å². The maximum absolute atomic E-state index is 4.13. The van der Waals surface area contributed by atoms with Gasteiger partial charge in [0.25, 0.3) is 0 Å². The molecule has 0 saturated carbocycles. The van der Waals surface area contributed by atoms with Crippen LogP contribution in [0, 0.1) is 5.92 Å². The lowest BCUT2D eigenvalue weighted by Crippen LogP contribution is -2.01. The van der Waals surface area contributed by atoms with E-state index in [2.05, 4.69) is 36.6 Å². The number of nitrogens with zero attached hydrogens (tertiary/aromatic N) is 3. The SMILES string of the molecule is CSCCc1cn(CCC(C)C)nn1. The minimum atomic E-state index is 0.730. The Morgan fingerprint density at radius 2 is 2.29 bits per heavy atom. The summed E-state index contributed by atoms with van der Waals surface area (Å²) < 4.78 is 1.95. The highest BCUT2D eigenvalue weighted by Crippen LogP contribution is 2.04. The monoisotopic (exact) mass is 213 g/mol. The molecule has 1 rings (SSSR count). The van der Waals surface area contributed by atoms with Crippen molar-refractivity contribution in [3.05, 3.63) is 11.9 Å². The number of rotatable bonds is 6. The van der Waals surface area contributed by atoms with E-state index in [1.807, 2.05) is 16.4 Å². The first-order valence-electron chi connectivity index (χ1n) is 5.10. The minimum absolute atomic E-state index is 0.730. The molecule has 0 spiro atoms. The molecular formula is C10H19N3S. The molecule has 3 nitrogen and oxygen atoms in total. The fourth-order valence-corrected chi connectivity index (χ4v) is 1.57. The molecule has 0 radical (unpaired) electrons. The van der Waals surface area contributed by atoms with E-state index in [1.165, 1.54) is 6.42 Å². The predicted molar refractivity (Wildman–Crippen MR) is 61.6 cm³/mol. The van der Waals surface area contributed by atoms with Gasteiger partial charge in [-0.15, -0.1) is 5.10 Å². The maximum Gasteiger partial charge on any atom is 0.0835 e. The van der Waals surface area contributed by atoms with Gasteiger partial charge in [0.15, 0.2) is 0 Å². The Morgan fingerprint density at radius 3 is 2.93 bits per heavy atom. The first-order valence-corrected chi connectivity index (χ1v) is 6.49. The van der Waals surface area contributed by atoms with E-state index < -0.39 is 0 Å². The van der Waals surface area contributed by atoms with Crippen LogP contribution >= 0.6 is 11.8 Å². The smallest absolute Gasteiger partial charge is 0.0835 e. The first kappa shape index (κ1) is 11.6. The van der Waals surface area contributed by atoms with Crippen molar-refractivity contribution in [2.75, 3.05) is 12.0 Å². The molecule has 0 atom stereocenters. The Labute approximate surface area is 90.3 Å². The third-order valence-corrected chi connectivity index (χ3v) is 2.70. The van der Waals surface area contributed by atoms with Crippen LogP contribution in [-0.2, 0) is 13.0 Å². The average Bonchev–Trinajstić information content (AvgIpc) is 2.59. The van der Waals surface area contributed by atoms with Gasteiger partial charge in [-0.25, -0.2) is 0 Å². The Hall–Kier alpha value is -0.510. The van der Waals surface area contributed by atoms with Gasteiger partial charge in [-0.05, 0) is 24.3 Å². The molecule has 0 unspecified atom stereocenters. The molecule has 0 amide bonds. The highest BCUT2D eigenvalue weighted by Gasteiger charge is 2.01. The molecular weight excluding hydrogens is 194 g/mol. The lowest BCUT2D eigenvalue weighted by molar-refractivity contribution is 0.478. The molecule has 0 aliphatic heterocycles. The molecule has 0 bridgehead atoms. The summed E-state index contributed by atoms with van der Waals surface area (Å²) in [6.45, 7) is 5.45. The zero-order chi connectivity index (χ0) is 10.4. The van der Waals surface area contributed by atoms with Gasteiger partial charge in [0.2, 0.25) is 0 Å². The molecule has 14 heavy (non-hydrogen) atoms. The average molecular weight is 213 g/mol. The molecule has 1 heterocycles. The lowest BCUT2D eigenvalue weighted by atomic mass is 10.1. The van der Waals surface area contributed by atoms with Crippen molar-refractivity contribution in [1.29, 1.82) is 0 Å². The molecule has 0 fully saturated rings. The normalized spacial score (nSPS) is 11.1. The van der Waals surface area contributed by atoms with E-state index in [9.17, 15) is 0 Å². The van der Waals surface area contributed by atoms with Crippen molar-refractivity contribution in [3.8, 4) is 0 Å². The van der Waals surface area contributed by atoms with Crippen LogP contribution in [0.1, 0.15) is 26.0 Å². The van der Waals surface area contributed by atoms with Gasteiger partial charge in [-0.3, -0.25) is 4.68 Å². The molecule has 0 aliphatic carbocycles. The second kappa shape index (κ2) is 6.06. The Balaban J connectivity index is 2.35. The van der Waals surface area contributed by atoms with E-state index in [0.717, 1.165) is 30.3 Å². The lowest BCUT2D eigenvalue weighted by Gasteiger charge is -2.02. The summed E-state index contributed by atoms with van der Waals surface area (Å²) in [5.41, 5.74) is 1.11. The number of thioether (sulfide) groups is 1. The zero-order valence-corrected chi connectivity index (χ0v) is 10.0. The summed E-state index contributed by atoms with van der Waals surface area (Å²) in [6.07, 6.45) is 6.38. The summed E-state index contributed by atoms with van der Waals surface area (Å²) >= 11 is 1.85. The summed E-state index contributed by atoms with van der Waals surface area (Å²) in [5.74, 6) is 1.86. The third-order valence-electron chi connectivity index (χ3n) is 2.08. The van der Waals surface area contributed by atoms with Crippen LogP contribution in [0.2, 0.25) is 0 Å². The van der Waals surface area contributed by atoms with Crippen LogP contribution in [0.4, 0.5) is 0 Å². The zero-order valence-electron chi connectivity index (χ0n) is 9.23. The molecule has 80 valence electrons. The Kier molecular flexibility index (Phi) is 5.01. The molecule has 0 aliphatic rings. The molecule has 0 N–H and O–H groups in total. The van der Waals surface area contributed by atoms with E-state index >= 15 is 0 Å². The summed E-state index contributed by atoms with van der Waals surface area (Å²) in [5, 5.41) is 8.23. The van der Waals surface area contributed by atoms with Crippen LogP contribution in [-0.4, -0.2) is 27.0 Å². The second-order valence-corrected chi connectivity index (χ2v) is 4.88. The molecule has 0 aromatic carbocycles. The van der Waals surface area contributed by atoms with Crippen LogP contribution in [0.15, 0.2) is 6.20 Å². The number of hydrogen-bond acceptors (Lipinski definition) is 3. The van der Waals surface area contributed by atoms with Gasteiger partial charge in [-0.2, -0.15) is 11.8 Å². The molecule has 1 aromatic heterocycles. The van der Waals surface area contributed by atoms with Crippen molar-refractivity contribution < 1.29 is 0 Å². The highest BCUT2D eigenvalue weighted by molar-refractivity contribution is 7.98. The topological polar surface area (TPSA) is 30.7 Å². The van der Waals surface area contributed by atoms with E-state index in [-0.39, 0.29) is 0 Å². The van der Waals surface area contributed by atoms with Crippen molar-refractivity contribution in [1.82, 2.24) is 15.0 Å². The van der Waals surface area contributed by atoms with Crippen molar-refractivity contribution in [2.45, 2.75) is 33.2 Å². The van der Waals surface area contributed by atoms with Crippen LogP contribution in [0.3, 0.4) is 0 Å². The standard InChI is InChI=1S/C10H19N3S/c1-9(2)4-6-13-8-10(11-12-13)5-7-14-3/h8-9H,4-7H2,1-3H3. The molecule has 1 aromatic rings. The minimum Gasteiger partial charge on any atom is -0.252 e. The number of hydrogen-bond donors (Lipinski definition) is 0. The first-order chi connectivity index (χ1) is 6.72. The van der Waals surface area contributed by atoms with Gasteiger partial charge in [-0.1, -0.05) is 19.1 Å². The summed E-state index contributed by atoms with van der Waals surface area (Å²) in [7, 11) is 0. The number of aryl methyl sites for hydroxylation is 2. The van der Waals surface area contributed by atoms with E-state index in [1.54, 1.807) is 0 Å². The Bertz CT molecular complexity index is 258. The highest BCUT2D eigenvalue weighted by atomic mass is 32.2. The van der Waals surface area contributed by atoms with Gasteiger partial charge < -0.3 is 0 Å². The van der Waals surface area contributed by atoms with Gasteiger partial charge in [0, 0.05) is 19.2 Å². The van der Waals surface area contributed by atoms with Crippen LogP contribution in [0.25, 0.3) is 0 Å². The molecule has 4 heteroatoms. The van der Waals surface area contributed by atoms with E-state index in [0.29, 0.717) is 0 Å². The van der Waals surface area contributed by atoms with Gasteiger partial charge in [0.1, 0.15) is 0 Å². The third kappa shape index (κ3) is 4.13. The number of aromatic nitrogens is 3. The van der Waals surface area contributed by atoms with Crippen molar-refractivity contribution in [2.24, 2.45) is 5.92 Å². The van der Waals surface area contributed by atoms with Gasteiger partial charge in [0.05, 0.1) is 5.69 Å². The van der Waals surface area contributed by atoms with Crippen molar-refractivity contribution >= 4 is 11.8 Å². The summed E-state index contributed by atoms with van der Waals surface area (Å²) in [4.78, 5) is 0. The van der Waals surface area contributed by atoms with Gasteiger partial charge >= 0.3 is 0 Å². The largest absolute Gasteiger partial charge is 0.252 e.